The summed E-state index contributed by atoms with van der Waals surface area (Å²) in [5, 5.41) is 0. The normalized spacial score (nSPS) is 24.1. The molecule has 3 heterocycles. The third-order valence-corrected chi connectivity index (χ3v) is 7.93. The van der Waals surface area contributed by atoms with Crippen LogP contribution in [0.4, 0.5) is 5.82 Å². The number of benzene rings is 1. The van der Waals surface area contributed by atoms with Crippen molar-refractivity contribution in [2.45, 2.75) is 50.2 Å². The molecule has 0 unspecified atom stereocenters. The van der Waals surface area contributed by atoms with E-state index in [2.05, 4.69) is 34.1 Å². The summed E-state index contributed by atoms with van der Waals surface area (Å²) in [6.07, 6.45) is 4.58. The molecule has 2 aliphatic rings. The van der Waals surface area contributed by atoms with E-state index in [-0.39, 0.29) is 17.1 Å². The third-order valence-electron chi connectivity index (χ3n) is 6.04. The number of nitrogens with zero attached hydrogens (tertiary/aromatic N) is 3. The van der Waals surface area contributed by atoms with E-state index < -0.39 is 10.0 Å². The molecule has 0 radical (unpaired) electrons. The first-order chi connectivity index (χ1) is 14.4. The Labute approximate surface area is 179 Å². The van der Waals surface area contributed by atoms with E-state index in [1.54, 1.807) is 10.4 Å². The fourth-order valence-electron chi connectivity index (χ4n) is 4.53. The molecule has 2 saturated heterocycles. The second-order valence-corrected chi connectivity index (χ2v) is 10.5. The van der Waals surface area contributed by atoms with E-state index in [1.807, 2.05) is 26.0 Å². The lowest BCUT2D eigenvalue weighted by Gasteiger charge is -2.36. The topological polar surface area (TPSA) is 62.7 Å². The predicted octanol–water partition coefficient (Wildman–Crippen LogP) is 3.34. The minimum absolute atomic E-state index is 0.135. The average Bonchev–Trinajstić information content (AvgIpc) is 2.74. The van der Waals surface area contributed by atoms with Crippen molar-refractivity contribution in [3.63, 3.8) is 0 Å². The Hall–Kier alpha value is -1.96. The number of hydrogen-bond donors (Lipinski definition) is 0. The quantitative estimate of drug-likeness (QED) is 0.730. The number of sulfonamides is 1. The van der Waals surface area contributed by atoms with Gasteiger partial charge < -0.3 is 9.64 Å². The molecule has 0 N–H and O–H groups in total. The number of morpholine rings is 1. The van der Waals surface area contributed by atoms with Crippen LogP contribution in [0, 0.1) is 5.92 Å². The van der Waals surface area contributed by atoms with Gasteiger partial charge in [0.2, 0.25) is 10.0 Å². The molecule has 162 valence electrons. The molecule has 0 aliphatic carbocycles. The highest BCUT2D eigenvalue weighted by Crippen LogP contribution is 2.27. The van der Waals surface area contributed by atoms with Crippen LogP contribution in [0.15, 0.2) is 53.6 Å². The van der Waals surface area contributed by atoms with Crippen molar-refractivity contribution in [1.82, 2.24) is 9.29 Å². The Morgan fingerprint density at radius 1 is 1.00 bits per heavy atom. The number of rotatable bonds is 5. The molecule has 2 fully saturated rings. The molecule has 1 aromatic carbocycles. The largest absolute Gasteiger partial charge is 0.372 e. The standard InChI is InChI=1S/C23H31N3O3S/c1-18-16-25(17-19(2)29-18)23-9-8-22(15-24-23)30(27,28)26-12-10-21(11-13-26)14-20-6-4-3-5-7-20/h3-9,15,18-19,21H,10-14,16-17H2,1-2H3/t18-,19+. The molecular weight excluding hydrogens is 398 g/mol. The van der Waals surface area contributed by atoms with E-state index in [0.29, 0.717) is 19.0 Å². The number of piperidine rings is 1. The lowest BCUT2D eigenvalue weighted by atomic mass is 9.91. The van der Waals surface area contributed by atoms with Crippen LogP contribution in [0.1, 0.15) is 32.3 Å². The summed E-state index contributed by atoms with van der Waals surface area (Å²) in [5.74, 6) is 1.34. The lowest BCUT2D eigenvalue weighted by molar-refractivity contribution is -0.00546. The second-order valence-electron chi connectivity index (χ2n) is 8.55. The monoisotopic (exact) mass is 429 g/mol. The van der Waals surface area contributed by atoms with Crippen LogP contribution >= 0.6 is 0 Å². The van der Waals surface area contributed by atoms with Crippen molar-refractivity contribution in [3.8, 4) is 0 Å². The van der Waals surface area contributed by atoms with Gasteiger partial charge in [-0.2, -0.15) is 4.31 Å². The SMILES string of the molecule is C[C@@H]1CN(c2ccc(S(=O)(=O)N3CCC(Cc4ccccc4)CC3)cn2)C[C@H](C)O1. The molecule has 1 aromatic heterocycles. The summed E-state index contributed by atoms with van der Waals surface area (Å²) in [6.45, 7) is 6.75. The van der Waals surface area contributed by atoms with Gasteiger partial charge in [-0.1, -0.05) is 30.3 Å². The minimum Gasteiger partial charge on any atom is -0.372 e. The molecule has 30 heavy (non-hydrogen) atoms. The maximum Gasteiger partial charge on any atom is 0.244 e. The number of anilines is 1. The Morgan fingerprint density at radius 3 is 2.27 bits per heavy atom. The van der Waals surface area contributed by atoms with Gasteiger partial charge in [0.1, 0.15) is 10.7 Å². The van der Waals surface area contributed by atoms with Crippen molar-refractivity contribution in [2.75, 3.05) is 31.1 Å². The third kappa shape index (κ3) is 4.85. The van der Waals surface area contributed by atoms with E-state index in [9.17, 15) is 8.42 Å². The molecule has 4 rings (SSSR count). The molecule has 0 bridgehead atoms. The molecule has 7 heteroatoms. The lowest BCUT2D eigenvalue weighted by Crippen LogP contribution is -2.45. The van der Waals surface area contributed by atoms with E-state index >= 15 is 0 Å². The molecule has 6 nitrogen and oxygen atoms in total. The van der Waals surface area contributed by atoms with Gasteiger partial charge in [0.25, 0.3) is 0 Å². The maximum atomic E-state index is 13.1. The van der Waals surface area contributed by atoms with Gasteiger partial charge in [0.15, 0.2) is 0 Å². The van der Waals surface area contributed by atoms with Gasteiger partial charge in [0.05, 0.1) is 12.2 Å². The minimum atomic E-state index is -3.50. The molecular formula is C23H31N3O3S. The van der Waals surface area contributed by atoms with Gasteiger partial charge in [0, 0.05) is 32.4 Å². The van der Waals surface area contributed by atoms with Crippen molar-refractivity contribution >= 4 is 15.8 Å². The van der Waals surface area contributed by atoms with Crippen LogP contribution in [0.3, 0.4) is 0 Å². The Balaban J connectivity index is 1.38. The van der Waals surface area contributed by atoms with Crippen LogP contribution in [0.25, 0.3) is 0 Å². The van der Waals surface area contributed by atoms with Crippen molar-refractivity contribution in [2.24, 2.45) is 5.92 Å². The Bertz CT molecular complexity index is 916. The summed E-state index contributed by atoms with van der Waals surface area (Å²) in [7, 11) is -3.50. The molecule has 0 spiro atoms. The molecule has 2 aromatic rings. The fraction of sp³-hybridized carbons (Fsp3) is 0.522. The zero-order valence-electron chi connectivity index (χ0n) is 17.8. The number of aromatic nitrogens is 1. The van der Waals surface area contributed by atoms with Crippen molar-refractivity contribution in [3.05, 3.63) is 54.2 Å². The van der Waals surface area contributed by atoms with Crippen LogP contribution in [0.2, 0.25) is 0 Å². The highest BCUT2D eigenvalue weighted by atomic mass is 32.2. The summed E-state index contributed by atoms with van der Waals surface area (Å²) >= 11 is 0. The first-order valence-electron chi connectivity index (χ1n) is 10.8. The maximum absolute atomic E-state index is 13.1. The van der Waals surface area contributed by atoms with Gasteiger partial charge in [-0.25, -0.2) is 13.4 Å². The Kier molecular flexibility index (Phi) is 6.41. The number of ether oxygens (including phenoxy) is 1. The molecule has 2 atom stereocenters. The molecule has 0 saturated carbocycles. The van der Waals surface area contributed by atoms with Gasteiger partial charge in [-0.05, 0) is 56.7 Å². The molecule has 2 aliphatic heterocycles. The van der Waals surface area contributed by atoms with E-state index in [4.69, 9.17) is 4.74 Å². The van der Waals surface area contributed by atoms with Crippen LogP contribution in [-0.2, 0) is 21.2 Å². The van der Waals surface area contributed by atoms with Gasteiger partial charge in [-0.3, -0.25) is 0 Å². The van der Waals surface area contributed by atoms with Gasteiger partial charge >= 0.3 is 0 Å². The fourth-order valence-corrected chi connectivity index (χ4v) is 5.94. The van der Waals surface area contributed by atoms with E-state index in [1.165, 1.54) is 11.8 Å². The Morgan fingerprint density at radius 2 is 1.67 bits per heavy atom. The summed E-state index contributed by atoms with van der Waals surface area (Å²) in [4.78, 5) is 6.90. The van der Waals surface area contributed by atoms with Crippen molar-refractivity contribution < 1.29 is 13.2 Å². The first-order valence-corrected chi connectivity index (χ1v) is 12.3. The summed E-state index contributed by atoms with van der Waals surface area (Å²) in [6, 6.07) is 13.9. The highest BCUT2D eigenvalue weighted by molar-refractivity contribution is 7.89. The summed E-state index contributed by atoms with van der Waals surface area (Å²) < 4.78 is 33.6. The predicted molar refractivity (Wildman–Crippen MR) is 118 cm³/mol. The number of pyridine rings is 1. The average molecular weight is 430 g/mol. The van der Waals surface area contributed by atoms with Crippen LogP contribution in [0.5, 0.6) is 0 Å². The molecule has 0 amide bonds. The van der Waals surface area contributed by atoms with E-state index in [0.717, 1.165) is 38.2 Å². The summed E-state index contributed by atoms with van der Waals surface area (Å²) in [5.41, 5.74) is 1.32. The van der Waals surface area contributed by atoms with Crippen molar-refractivity contribution in [1.29, 1.82) is 0 Å². The van der Waals surface area contributed by atoms with Crippen LogP contribution < -0.4 is 4.90 Å². The smallest absolute Gasteiger partial charge is 0.244 e. The van der Waals surface area contributed by atoms with Crippen LogP contribution in [-0.4, -0.2) is 56.1 Å². The zero-order chi connectivity index (χ0) is 21.1. The zero-order valence-corrected chi connectivity index (χ0v) is 18.6. The van der Waals surface area contributed by atoms with Gasteiger partial charge in [-0.15, -0.1) is 0 Å². The first kappa shape index (κ1) is 21.3. The number of hydrogen-bond acceptors (Lipinski definition) is 5. The second kappa shape index (κ2) is 9.04. The highest BCUT2D eigenvalue weighted by Gasteiger charge is 2.30.